The molecule has 0 fully saturated rings. The molecule has 78 valence electrons. The van der Waals surface area contributed by atoms with Gasteiger partial charge in [-0.1, -0.05) is 0 Å². The largest absolute Gasteiger partial charge is 0.506 e. The topological polar surface area (TPSA) is 66.5 Å². The van der Waals surface area contributed by atoms with Crippen molar-refractivity contribution >= 4 is 45.2 Å². The van der Waals surface area contributed by atoms with Crippen molar-refractivity contribution in [2.24, 2.45) is 5.73 Å². The highest BCUT2D eigenvalue weighted by Gasteiger charge is 2.13. The molecule has 0 saturated carbocycles. The van der Waals surface area contributed by atoms with Gasteiger partial charge in [-0.3, -0.25) is 0 Å². The highest BCUT2D eigenvalue weighted by molar-refractivity contribution is 14.1. The number of hydrogen-bond donors (Lipinski definition) is 3. The minimum atomic E-state index is -0.303. The molecule has 0 bridgehead atoms. The number of aromatic hydroxyl groups is 1. The van der Waals surface area contributed by atoms with Crippen LogP contribution in [0.25, 0.3) is 0 Å². The quantitative estimate of drug-likeness (QED) is 0.657. The van der Waals surface area contributed by atoms with Gasteiger partial charge in [0.1, 0.15) is 5.75 Å². The molecule has 0 amide bonds. The van der Waals surface area contributed by atoms with E-state index >= 15 is 0 Å². The summed E-state index contributed by atoms with van der Waals surface area (Å²) in [6, 6.07) is 3.42. The Morgan fingerprint density at radius 3 is 2.57 bits per heavy atom. The second kappa shape index (κ2) is 5.47. The standard InChI is InChI=1S/C9H11I2NO2/c10-5-3-6(8(12)1-2-13)9(14)7(11)4-5/h3-4,8,13-14H,1-2,12H2. The monoisotopic (exact) mass is 419 g/mol. The highest BCUT2D eigenvalue weighted by Crippen LogP contribution is 2.31. The fourth-order valence-corrected chi connectivity index (χ4v) is 3.05. The number of halogens is 2. The Hall–Kier alpha value is 0.400. The maximum Gasteiger partial charge on any atom is 0.133 e. The minimum absolute atomic E-state index is 0.0304. The van der Waals surface area contributed by atoms with Gasteiger partial charge in [0.2, 0.25) is 0 Å². The summed E-state index contributed by atoms with van der Waals surface area (Å²) < 4.78 is 1.83. The van der Waals surface area contributed by atoms with E-state index in [4.69, 9.17) is 10.8 Å². The van der Waals surface area contributed by atoms with Crippen molar-refractivity contribution in [2.75, 3.05) is 6.61 Å². The van der Waals surface area contributed by atoms with Crippen molar-refractivity contribution in [2.45, 2.75) is 12.5 Å². The van der Waals surface area contributed by atoms with Crippen LogP contribution in [0, 0.1) is 7.14 Å². The van der Waals surface area contributed by atoms with Crippen molar-refractivity contribution in [3.8, 4) is 5.75 Å². The number of nitrogens with two attached hydrogens (primary N) is 1. The van der Waals surface area contributed by atoms with Crippen LogP contribution in [0.3, 0.4) is 0 Å². The Bertz CT molecular complexity index is 331. The number of aliphatic hydroxyl groups is 1. The molecule has 1 unspecified atom stereocenters. The zero-order chi connectivity index (χ0) is 10.7. The molecule has 0 heterocycles. The lowest BCUT2D eigenvalue weighted by Gasteiger charge is -2.13. The number of phenols is 1. The molecule has 14 heavy (non-hydrogen) atoms. The van der Waals surface area contributed by atoms with Crippen LogP contribution in [0.1, 0.15) is 18.0 Å². The predicted octanol–water partition coefficient (Wildman–Crippen LogP) is 1.98. The van der Waals surface area contributed by atoms with E-state index in [1.54, 1.807) is 0 Å². The van der Waals surface area contributed by atoms with Crippen LogP contribution in [0.4, 0.5) is 0 Å². The van der Waals surface area contributed by atoms with Gasteiger partial charge in [0.05, 0.1) is 3.57 Å². The summed E-state index contributed by atoms with van der Waals surface area (Å²) >= 11 is 4.24. The first-order valence-corrected chi connectivity index (χ1v) is 6.26. The Kier molecular flexibility index (Phi) is 4.88. The second-order valence-electron chi connectivity index (χ2n) is 2.94. The van der Waals surface area contributed by atoms with E-state index < -0.39 is 0 Å². The van der Waals surface area contributed by atoms with Crippen LogP contribution in [0.2, 0.25) is 0 Å². The van der Waals surface area contributed by atoms with Gasteiger partial charge in [0.25, 0.3) is 0 Å². The van der Waals surface area contributed by atoms with E-state index in [2.05, 4.69) is 45.2 Å². The maximum atomic E-state index is 9.75. The van der Waals surface area contributed by atoms with Crippen molar-refractivity contribution in [3.63, 3.8) is 0 Å². The molecule has 1 atom stereocenters. The SMILES string of the molecule is NC(CCO)c1cc(I)cc(I)c1O. The summed E-state index contributed by atoms with van der Waals surface area (Å²) in [5, 5.41) is 18.5. The first-order valence-electron chi connectivity index (χ1n) is 4.10. The zero-order valence-electron chi connectivity index (χ0n) is 7.37. The molecule has 1 rings (SSSR count). The molecule has 0 aliphatic rings. The van der Waals surface area contributed by atoms with Crippen molar-refractivity contribution in [1.29, 1.82) is 0 Å². The molecular formula is C9H11I2NO2. The normalized spacial score (nSPS) is 12.9. The Morgan fingerprint density at radius 1 is 1.36 bits per heavy atom. The van der Waals surface area contributed by atoms with Gasteiger partial charge in [-0.25, -0.2) is 0 Å². The third-order valence-electron chi connectivity index (χ3n) is 1.90. The molecule has 1 aromatic carbocycles. The fourth-order valence-electron chi connectivity index (χ4n) is 1.16. The Balaban J connectivity index is 3.07. The number of hydrogen-bond acceptors (Lipinski definition) is 3. The molecule has 5 heteroatoms. The molecule has 0 aliphatic heterocycles. The predicted molar refractivity (Wildman–Crippen MR) is 72.2 cm³/mol. The van der Waals surface area contributed by atoms with Gasteiger partial charge in [-0.15, -0.1) is 0 Å². The van der Waals surface area contributed by atoms with E-state index in [9.17, 15) is 5.11 Å². The molecule has 0 aromatic heterocycles. The van der Waals surface area contributed by atoms with E-state index in [1.165, 1.54) is 0 Å². The average molecular weight is 419 g/mol. The second-order valence-corrected chi connectivity index (χ2v) is 5.35. The summed E-state index contributed by atoms with van der Waals surface area (Å²) in [7, 11) is 0. The van der Waals surface area contributed by atoms with Gasteiger partial charge in [-0.2, -0.15) is 0 Å². The number of phenolic OH excluding ortho intramolecular Hbond substituents is 1. The fraction of sp³-hybridized carbons (Fsp3) is 0.333. The molecule has 0 radical (unpaired) electrons. The van der Waals surface area contributed by atoms with Gasteiger partial charge in [0.15, 0.2) is 0 Å². The summed E-state index contributed by atoms with van der Waals surface area (Å²) in [5.41, 5.74) is 6.52. The number of aliphatic hydroxyl groups excluding tert-OH is 1. The van der Waals surface area contributed by atoms with E-state index in [0.717, 1.165) is 7.14 Å². The Morgan fingerprint density at radius 2 is 2.00 bits per heavy atom. The smallest absolute Gasteiger partial charge is 0.133 e. The summed E-state index contributed by atoms with van der Waals surface area (Å²) in [6.07, 6.45) is 0.462. The Labute approximate surface area is 110 Å². The van der Waals surface area contributed by atoms with Gasteiger partial charge in [0, 0.05) is 21.8 Å². The van der Waals surface area contributed by atoms with Gasteiger partial charge < -0.3 is 15.9 Å². The molecule has 4 N–H and O–H groups in total. The van der Waals surface area contributed by atoms with Crippen LogP contribution in [-0.4, -0.2) is 16.8 Å². The lowest BCUT2D eigenvalue weighted by atomic mass is 10.0. The third-order valence-corrected chi connectivity index (χ3v) is 3.34. The molecule has 0 spiro atoms. The first-order chi connectivity index (χ1) is 6.56. The van der Waals surface area contributed by atoms with Crippen LogP contribution < -0.4 is 5.73 Å². The highest BCUT2D eigenvalue weighted by atomic mass is 127. The molecular weight excluding hydrogens is 408 g/mol. The van der Waals surface area contributed by atoms with Crippen LogP contribution in [0.5, 0.6) is 5.75 Å². The van der Waals surface area contributed by atoms with Crippen molar-refractivity contribution < 1.29 is 10.2 Å². The zero-order valence-corrected chi connectivity index (χ0v) is 11.7. The molecule has 0 aliphatic carbocycles. The third kappa shape index (κ3) is 2.94. The number of rotatable bonds is 3. The summed E-state index contributed by atoms with van der Waals surface area (Å²) in [4.78, 5) is 0. The van der Waals surface area contributed by atoms with E-state index in [1.807, 2.05) is 12.1 Å². The lowest BCUT2D eigenvalue weighted by molar-refractivity contribution is 0.275. The minimum Gasteiger partial charge on any atom is -0.506 e. The maximum absolute atomic E-state index is 9.75. The van der Waals surface area contributed by atoms with Gasteiger partial charge in [-0.05, 0) is 63.7 Å². The van der Waals surface area contributed by atoms with Crippen LogP contribution in [-0.2, 0) is 0 Å². The van der Waals surface area contributed by atoms with Crippen molar-refractivity contribution in [1.82, 2.24) is 0 Å². The first kappa shape index (κ1) is 12.5. The van der Waals surface area contributed by atoms with Crippen LogP contribution in [0.15, 0.2) is 12.1 Å². The van der Waals surface area contributed by atoms with E-state index in [-0.39, 0.29) is 18.4 Å². The summed E-state index contributed by atoms with van der Waals surface area (Å²) in [6.45, 7) is 0.0304. The molecule has 3 nitrogen and oxygen atoms in total. The number of benzene rings is 1. The molecule has 1 aromatic rings. The average Bonchev–Trinajstić information content (AvgIpc) is 2.11. The van der Waals surface area contributed by atoms with Crippen LogP contribution >= 0.6 is 45.2 Å². The summed E-state index contributed by atoms with van der Waals surface area (Å²) in [5.74, 6) is 0.229. The lowest BCUT2D eigenvalue weighted by Crippen LogP contribution is -2.12. The van der Waals surface area contributed by atoms with E-state index in [0.29, 0.717) is 12.0 Å². The van der Waals surface area contributed by atoms with Gasteiger partial charge >= 0.3 is 0 Å². The molecule has 0 saturated heterocycles. The van der Waals surface area contributed by atoms with Crippen molar-refractivity contribution in [3.05, 3.63) is 24.8 Å².